The average molecular weight is 240 g/mol. The standard InChI is InChI=1S/C9H12N4O4/c14-9(11-4-2-1-3-5-11)17-12-7-8(6-10-12)13(15)16/h6-7H,1-5H2. The topological polar surface area (TPSA) is 90.5 Å². The summed E-state index contributed by atoms with van der Waals surface area (Å²) in [4.78, 5) is 28.7. The molecule has 0 aliphatic carbocycles. The highest BCUT2D eigenvalue weighted by atomic mass is 16.7. The SMILES string of the molecule is O=C(On1cc([N+](=O)[O-])cn1)N1CCCCC1. The van der Waals surface area contributed by atoms with Crippen molar-refractivity contribution in [2.75, 3.05) is 13.1 Å². The molecule has 0 atom stereocenters. The molecular formula is C9H12N4O4. The van der Waals surface area contributed by atoms with Crippen LogP contribution in [0.5, 0.6) is 0 Å². The largest absolute Gasteiger partial charge is 0.435 e. The van der Waals surface area contributed by atoms with E-state index in [9.17, 15) is 14.9 Å². The number of aromatic nitrogens is 2. The lowest BCUT2D eigenvalue weighted by Crippen LogP contribution is -2.40. The fourth-order valence-corrected chi connectivity index (χ4v) is 1.65. The molecule has 0 aromatic carbocycles. The van der Waals surface area contributed by atoms with Crippen LogP contribution in [-0.2, 0) is 0 Å². The van der Waals surface area contributed by atoms with Gasteiger partial charge in [-0.3, -0.25) is 15.0 Å². The molecule has 0 radical (unpaired) electrons. The second kappa shape index (κ2) is 4.81. The third-order valence-electron chi connectivity index (χ3n) is 2.54. The summed E-state index contributed by atoms with van der Waals surface area (Å²) >= 11 is 0. The maximum Gasteiger partial charge on any atom is 0.435 e. The third kappa shape index (κ3) is 2.71. The minimum Gasteiger partial charge on any atom is -0.306 e. The van der Waals surface area contributed by atoms with Gasteiger partial charge in [-0.25, -0.2) is 4.79 Å². The predicted molar refractivity (Wildman–Crippen MR) is 56.3 cm³/mol. The fourth-order valence-electron chi connectivity index (χ4n) is 1.65. The molecule has 0 unspecified atom stereocenters. The van der Waals surface area contributed by atoms with E-state index in [-0.39, 0.29) is 5.69 Å². The van der Waals surface area contributed by atoms with Crippen molar-refractivity contribution in [3.63, 3.8) is 0 Å². The number of hydrogen-bond acceptors (Lipinski definition) is 5. The lowest BCUT2D eigenvalue weighted by atomic mass is 10.1. The first-order chi connectivity index (χ1) is 8.16. The van der Waals surface area contributed by atoms with Crippen LogP contribution in [0.25, 0.3) is 0 Å². The van der Waals surface area contributed by atoms with Crippen molar-refractivity contribution in [2.45, 2.75) is 19.3 Å². The number of nitro groups is 1. The monoisotopic (exact) mass is 240 g/mol. The normalized spacial score (nSPS) is 15.6. The first-order valence-electron chi connectivity index (χ1n) is 5.33. The molecule has 2 rings (SSSR count). The second-order valence-corrected chi connectivity index (χ2v) is 3.76. The molecule has 0 N–H and O–H groups in total. The maximum absolute atomic E-state index is 11.6. The number of carbonyl (C=O) groups excluding carboxylic acids is 1. The van der Waals surface area contributed by atoms with Gasteiger partial charge in [0.1, 0.15) is 12.4 Å². The predicted octanol–water partition coefficient (Wildman–Crippen LogP) is 0.826. The van der Waals surface area contributed by atoms with Gasteiger partial charge in [-0.05, 0) is 19.3 Å². The van der Waals surface area contributed by atoms with Gasteiger partial charge < -0.3 is 4.90 Å². The quantitative estimate of drug-likeness (QED) is 0.564. The van der Waals surface area contributed by atoms with Crippen LogP contribution in [0.15, 0.2) is 12.4 Å². The molecule has 1 aromatic rings. The Labute approximate surface area is 96.9 Å². The Morgan fingerprint density at radius 2 is 2.12 bits per heavy atom. The van der Waals surface area contributed by atoms with Crippen LogP contribution in [0.2, 0.25) is 0 Å². The molecule has 1 fully saturated rings. The van der Waals surface area contributed by atoms with Crippen LogP contribution in [0.1, 0.15) is 19.3 Å². The Morgan fingerprint density at radius 1 is 1.41 bits per heavy atom. The molecule has 0 bridgehead atoms. The van der Waals surface area contributed by atoms with Crippen LogP contribution < -0.4 is 4.84 Å². The van der Waals surface area contributed by atoms with Crippen LogP contribution in [-0.4, -0.2) is 38.9 Å². The zero-order valence-corrected chi connectivity index (χ0v) is 9.11. The van der Waals surface area contributed by atoms with Gasteiger partial charge in [0.15, 0.2) is 0 Å². The molecule has 8 nitrogen and oxygen atoms in total. The molecule has 8 heteroatoms. The Kier molecular flexibility index (Phi) is 3.22. The molecule has 1 aliphatic heterocycles. The molecule has 17 heavy (non-hydrogen) atoms. The zero-order chi connectivity index (χ0) is 12.3. The van der Waals surface area contributed by atoms with E-state index in [0.717, 1.165) is 36.5 Å². The van der Waals surface area contributed by atoms with Crippen molar-refractivity contribution >= 4 is 11.8 Å². The van der Waals surface area contributed by atoms with Crippen molar-refractivity contribution in [3.8, 4) is 0 Å². The van der Waals surface area contributed by atoms with Gasteiger partial charge in [-0.1, -0.05) is 4.85 Å². The van der Waals surface area contributed by atoms with Gasteiger partial charge in [-0.15, -0.1) is 5.10 Å². The van der Waals surface area contributed by atoms with Crippen LogP contribution >= 0.6 is 0 Å². The number of amides is 1. The molecule has 1 aliphatic rings. The van der Waals surface area contributed by atoms with E-state index in [2.05, 4.69) is 5.10 Å². The van der Waals surface area contributed by atoms with Gasteiger partial charge in [0.25, 0.3) is 0 Å². The Balaban J connectivity index is 1.94. The van der Waals surface area contributed by atoms with Crippen LogP contribution in [0.3, 0.4) is 0 Å². The highest BCUT2D eigenvalue weighted by Gasteiger charge is 2.20. The van der Waals surface area contributed by atoms with Crippen LogP contribution in [0.4, 0.5) is 10.5 Å². The van der Waals surface area contributed by atoms with Crippen molar-refractivity contribution in [1.29, 1.82) is 0 Å². The summed E-state index contributed by atoms with van der Waals surface area (Å²) in [5.74, 6) is 0. The van der Waals surface area contributed by atoms with Gasteiger partial charge in [0, 0.05) is 13.1 Å². The number of carbonyl (C=O) groups is 1. The number of rotatable bonds is 2. The Bertz CT molecular complexity index is 424. The van der Waals surface area contributed by atoms with Gasteiger partial charge >= 0.3 is 11.8 Å². The first-order valence-corrected chi connectivity index (χ1v) is 5.33. The highest BCUT2D eigenvalue weighted by Crippen LogP contribution is 2.10. The van der Waals surface area contributed by atoms with Crippen molar-refractivity contribution in [1.82, 2.24) is 14.8 Å². The molecule has 1 saturated heterocycles. The number of piperidine rings is 1. The van der Waals surface area contributed by atoms with E-state index in [1.165, 1.54) is 0 Å². The summed E-state index contributed by atoms with van der Waals surface area (Å²) in [7, 11) is 0. The fraction of sp³-hybridized carbons (Fsp3) is 0.556. The first kappa shape index (κ1) is 11.4. The Hall–Kier alpha value is -2.12. The zero-order valence-electron chi connectivity index (χ0n) is 9.11. The van der Waals surface area contributed by atoms with Crippen LogP contribution in [0, 0.1) is 10.1 Å². The molecule has 1 aromatic heterocycles. The third-order valence-corrected chi connectivity index (χ3v) is 2.54. The maximum atomic E-state index is 11.6. The van der Waals surface area contributed by atoms with E-state index in [0.29, 0.717) is 13.1 Å². The number of hydrogen-bond donors (Lipinski definition) is 0. The number of nitrogens with zero attached hydrogens (tertiary/aromatic N) is 4. The summed E-state index contributed by atoms with van der Waals surface area (Å²) in [6.07, 6.45) is 4.58. The summed E-state index contributed by atoms with van der Waals surface area (Å²) in [5.41, 5.74) is -0.212. The van der Waals surface area contributed by atoms with Gasteiger partial charge in [-0.2, -0.15) is 0 Å². The van der Waals surface area contributed by atoms with E-state index >= 15 is 0 Å². The molecule has 1 amide bonds. The number of likely N-dealkylation sites (tertiary alicyclic amines) is 1. The molecule has 0 spiro atoms. The minimum absolute atomic E-state index is 0.212. The van der Waals surface area contributed by atoms with E-state index < -0.39 is 11.0 Å². The average Bonchev–Trinajstić information content (AvgIpc) is 2.79. The van der Waals surface area contributed by atoms with Crippen molar-refractivity contribution < 1.29 is 14.6 Å². The summed E-state index contributed by atoms with van der Waals surface area (Å²) in [6.45, 7) is 1.31. The summed E-state index contributed by atoms with van der Waals surface area (Å²) in [6, 6.07) is 0. The summed E-state index contributed by atoms with van der Waals surface area (Å²) in [5, 5.41) is 14.0. The summed E-state index contributed by atoms with van der Waals surface area (Å²) < 4.78 is 0. The van der Waals surface area contributed by atoms with E-state index in [1.807, 2.05) is 0 Å². The Morgan fingerprint density at radius 3 is 2.71 bits per heavy atom. The van der Waals surface area contributed by atoms with Crippen molar-refractivity contribution in [2.24, 2.45) is 0 Å². The lowest BCUT2D eigenvalue weighted by Gasteiger charge is -2.24. The van der Waals surface area contributed by atoms with Gasteiger partial charge in [0.2, 0.25) is 0 Å². The smallest absolute Gasteiger partial charge is 0.306 e. The molecular weight excluding hydrogens is 228 g/mol. The molecule has 92 valence electrons. The minimum atomic E-state index is -0.599. The van der Waals surface area contributed by atoms with Gasteiger partial charge in [0.05, 0.1) is 4.92 Å². The van der Waals surface area contributed by atoms with Crippen molar-refractivity contribution in [3.05, 3.63) is 22.5 Å². The lowest BCUT2D eigenvalue weighted by molar-refractivity contribution is -0.385. The highest BCUT2D eigenvalue weighted by molar-refractivity contribution is 5.67. The molecule has 2 heterocycles. The molecule has 0 saturated carbocycles. The second-order valence-electron chi connectivity index (χ2n) is 3.76. The van der Waals surface area contributed by atoms with E-state index in [1.54, 1.807) is 4.90 Å². The van der Waals surface area contributed by atoms with E-state index in [4.69, 9.17) is 4.84 Å².